The number of hydrogen-bond donors (Lipinski definition) is 1. The molecule has 2 aromatic rings. The molecular formula is C22H26N2O7. The third-order valence-electron chi connectivity index (χ3n) is 4.02. The van der Waals surface area contributed by atoms with E-state index in [0.717, 1.165) is 5.56 Å². The highest BCUT2D eigenvalue weighted by Gasteiger charge is 2.32. The van der Waals surface area contributed by atoms with Gasteiger partial charge in [0.25, 0.3) is 5.69 Å². The molecule has 0 aliphatic carbocycles. The topological polar surface area (TPSA) is 117 Å². The molecule has 0 fully saturated rings. The Morgan fingerprint density at radius 2 is 1.68 bits per heavy atom. The average molecular weight is 430 g/mol. The van der Waals surface area contributed by atoms with E-state index in [9.17, 15) is 19.7 Å². The number of carbonyl (C=O) groups is 2. The standard InChI is InChI=1S/C22H26N2O7/c1-15(31-22(2,3)4)19(20(25)29-14-16-8-6-5-7-9-16)23-21(26)30-18-12-10-17(11-13-18)24(27)28/h5-13,15,19H,14H2,1-4H3,(H,23,26)/t15?,19-/m0/s1. The summed E-state index contributed by atoms with van der Waals surface area (Å²) in [6, 6.07) is 13.0. The van der Waals surface area contributed by atoms with E-state index in [1.165, 1.54) is 24.3 Å². The molecule has 0 aromatic heterocycles. The Hall–Kier alpha value is -3.46. The maximum Gasteiger partial charge on any atom is 0.413 e. The minimum Gasteiger partial charge on any atom is -0.459 e. The van der Waals surface area contributed by atoms with Crippen molar-refractivity contribution in [3.8, 4) is 5.75 Å². The average Bonchev–Trinajstić information content (AvgIpc) is 2.70. The smallest absolute Gasteiger partial charge is 0.413 e. The van der Waals surface area contributed by atoms with Gasteiger partial charge in [-0.15, -0.1) is 0 Å². The van der Waals surface area contributed by atoms with Crippen molar-refractivity contribution in [3.05, 3.63) is 70.3 Å². The summed E-state index contributed by atoms with van der Waals surface area (Å²) in [7, 11) is 0. The normalized spacial score (nSPS) is 13.0. The highest BCUT2D eigenvalue weighted by atomic mass is 16.6. The Balaban J connectivity index is 2.06. The monoisotopic (exact) mass is 430 g/mol. The van der Waals surface area contributed by atoms with Gasteiger partial charge in [0.2, 0.25) is 0 Å². The summed E-state index contributed by atoms with van der Waals surface area (Å²) in [5.41, 5.74) is 0.0937. The van der Waals surface area contributed by atoms with Gasteiger partial charge in [-0.3, -0.25) is 10.1 Å². The number of carbonyl (C=O) groups excluding carboxylic acids is 2. The number of ether oxygens (including phenoxy) is 3. The van der Waals surface area contributed by atoms with E-state index in [-0.39, 0.29) is 18.0 Å². The van der Waals surface area contributed by atoms with Gasteiger partial charge >= 0.3 is 12.1 Å². The fourth-order valence-corrected chi connectivity index (χ4v) is 2.71. The first-order chi connectivity index (χ1) is 14.5. The quantitative estimate of drug-likeness (QED) is 0.382. The molecular weight excluding hydrogens is 404 g/mol. The predicted octanol–water partition coefficient (Wildman–Crippen LogP) is 4.00. The Bertz CT molecular complexity index is 892. The van der Waals surface area contributed by atoms with Gasteiger partial charge in [0.05, 0.1) is 16.6 Å². The molecule has 0 spiro atoms. The molecule has 2 atom stereocenters. The number of benzene rings is 2. The lowest BCUT2D eigenvalue weighted by molar-refractivity contribution is -0.384. The molecule has 1 N–H and O–H groups in total. The van der Waals surface area contributed by atoms with Gasteiger partial charge in [0.15, 0.2) is 6.04 Å². The molecule has 9 nitrogen and oxygen atoms in total. The van der Waals surface area contributed by atoms with Crippen molar-refractivity contribution in [3.63, 3.8) is 0 Å². The van der Waals surface area contributed by atoms with Crippen molar-refractivity contribution in [2.75, 3.05) is 0 Å². The lowest BCUT2D eigenvalue weighted by Gasteiger charge is -2.30. The Labute approximate surface area is 180 Å². The Morgan fingerprint density at radius 1 is 1.06 bits per heavy atom. The summed E-state index contributed by atoms with van der Waals surface area (Å²) in [6.45, 7) is 7.16. The summed E-state index contributed by atoms with van der Waals surface area (Å²) < 4.78 is 16.3. The summed E-state index contributed by atoms with van der Waals surface area (Å²) >= 11 is 0. The number of amides is 1. The Morgan fingerprint density at radius 3 is 2.23 bits per heavy atom. The van der Waals surface area contributed by atoms with Gasteiger partial charge in [-0.25, -0.2) is 9.59 Å². The number of nitro benzene ring substituents is 1. The number of nitro groups is 1. The molecule has 9 heteroatoms. The SMILES string of the molecule is CC(OC(C)(C)C)[C@H](NC(=O)Oc1ccc([N+](=O)[O-])cc1)C(=O)OCc1ccccc1. The van der Waals surface area contributed by atoms with Crippen LogP contribution in [0.25, 0.3) is 0 Å². The van der Waals surface area contributed by atoms with Crippen LogP contribution in [0.15, 0.2) is 54.6 Å². The number of nitrogens with zero attached hydrogens (tertiary/aromatic N) is 1. The molecule has 0 aliphatic rings. The first kappa shape index (κ1) is 23.8. The van der Waals surface area contributed by atoms with E-state index >= 15 is 0 Å². The summed E-state index contributed by atoms with van der Waals surface area (Å²) in [4.78, 5) is 35.2. The van der Waals surface area contributed by atoms with Gasteiger partial charge in [-0.2, -0.15) is 0 Å². The highest BCUT2D eigenvalue weighted by molar-refractivity contribution is 5.82. The maximum atomic E-state index is 12.7. The fraction of sp³-hybridized carbons (Fsp3) is 0.364. The van der Waals surface area contributed by atoms with Gasteiger partial charge in [-0.05, 0) is 45.4 Å². The number of non-ortho nitro benzene ring substituents is 1. The molecule has 31 heavy (non-hydrogen) atoms. The van der Waals surface area contributed by atoms with Gasteiger partial charge in [-0.1, -0.05) is 30.3 Å². The molecule has 0 heterocycles. The number of hydrogen-bond acceptors (Lipinski definition) is 7. The molecule has 1 unspecified atom stereocenters. The third kappa shape index (κ3) is 8.06. The van der Waals surface area contributed by atoms with E-state index < -0.39 is 34.7 Å². The van der Waals surface area contributed by atoms with Gasteiger partial charge < -0.3 is 19.5 Å². The summed E-state index contributed by atoms with van der Waals surface area (Å²) in [5, 5.41) is 13.2. The summed E-state index contributed by atoms with van der Waals surface area (Å²) in [5.74, 6) is -0.592. The van der Waals surface area contributed by atoms with Crippen molar-refractivity contribution in [2.45, 2.75) is 52.0 Å². The van der Waals surface area contributed by atoms with Crippen LogP contribution in [-0.4, -0.2) is 34.7 Å². The zero-order valence-electron chi connectivity index (χ0n) is 17.9. The van der Waals surface area contributed by atoms with Crippen LogP contribution in [0.1, 0.15) is 33.3 Å². The maximum absolute atomic E-state index is 12.7. The third-order valence-corrected chi connectivity index (χ3v) is 4.02. The molecule has 0 radical (unpaired) electrons. The van der Waals surface area contributed by atoms with Crippen LogP contribution in [0.3, 0.4) is 0 Å². The molecule has 0 saturated heterocycles. The second-order valence-electron chi connectivity index (χ2n) is 7.79. The molecule has 0 bridgehead atoms. The molecule has 0 saturated carbocycles. The molecule has 2 rings (SSSR count). The lowest BCUT2D eigenvalue weighted by Crippen LogP contribution is -2.51. The summed E-state index contributed by atoms with van der Waals surface area (Å²) in [6.07, 6.45) is -1.63. The highest BCUT2D eigenvalue weighted by Crippen LogP contribution is 2.18. The molecule has 166 valence electrons. The lowest BCUT2D eigenvalue weighted by atomic mass is 10.1. The molecule has 1 amide bonds. The van der Waals surface area contributed by atoms with Crippen molar-refractivity contribution in [1.82, 2.24) is 5.32 Å². The van der Waals surface area contributed by atoms with E-state index in [4.69, 9.17) is 14.2 Å². The van der Waals surface area contributed by atoms with Crippen LogP contribution in [0.2, 0.25) is 0 Å². The van der Waals surface area contributed by atoms with E-state index in [1.807, 2.05) is 51.1 Å². The van der Waals surface area contributed by atoms with E-state index in [1.54, 1.807) is 6.92 Å². The van der Waals surface area contributed by atoms with Crippen molar-refractivity contribution in [2.24, 2.45) is 0 Å². The van der Waals surface area contributed by atoms with Gasteiger partial charge in [0.1, 0.15) is 12.4 Å². The van der Waals surface area contributed by atoms with Crippen LogP contribution < -0.4 is 10.1 Å². The van der Waals surface area contributed by atoms with E-state index in [2.05, 4.69) is 5.32 Å². The first-order valence-corrected chi connectivity index (χ1v) is 9.66. The minimum atomic E-state index is -1.13. The van der Waals surface area contributed by atoms with Gasteiger partial charge in [0, 0.05) is 12.1 Å². The first-order valence-electron chi connectivity index (χ1n) is 9.66. The van der Waals surface area contributed by atoms with Crippen LogP contribution in [-0.2, 0) is 20.9 Å². The predicted molar refractivity (Wildman–Crippen MR) is 113 cm³/mol. The Kier molecular flexibility index (Phi) is 8.09. The van der Waals surface area contributed by atoms with Crippen molar-refractivity contribution >= 4 is 17.7 Å². The fourth-order valence-electron chi connectivity index (χ4n) is 2.71. The number of nitrogens with one attached hydrogen (secondary N) is 1. The van der Waals surface area contributed by atoms with Crippen LogP contribution in [0.5, 0.6) is 5.75 Å². The minimum absolute atomic E-state index is 0.0392. The second kappa shape index (κ2) is 10.5. The number of rotatable bonds is 8. The largest absolute Gasteiger partial charge is 0.459 e. The molecule has 0 aliphatic heterocycles. The zero-order valence-corrected chi connectivity index (χ0v) is 17.9. The second-order valence-corrected chi connectivity index (χ2v) is 7.79. The van der Waals surface area contributed by atoms with Crippen molar-refractivity contribution in [1.29, 1.82) is 0 Å². The van der Waals surface area contributed by atoms with Crippen molar-refractivity contribution < 1.29 is 28.7 Å². The van der Waals surface area contributed by atoms with E-state index in [0.29, 0.717) is 0 Å². The number of esters is 1. The van der Waals surface area contributed by atoms with Crippen LogP contribution in [0, 0.1) is 10.1 Å². The molecule has 2 aromatic carbocycles. The van der Waals surface area contributed by atoms with Crippen LogP contribution in [0.4, 0.5) is 10.5 Å². The zero-order chi connectivity index (χ0) is 23.0. The van der Waals surface area contributed by atoms with Crippen LogP contribution >= 0.6 is 0 Å².